The van der Waals surface area contributed by atoms with Crippen molar-refractivity contribution in [3.63, 3.8) is 0 Å². The van der Waals surface area contributed by atoms with E-state index in [2.05, 4.69) is 10.1 Å². The fourth-order valence-corrected chi connectivity index (χ4v) is 1.94. The molecule has 0 aromatic heterocycles. The van der Waals surface area contributed by atoms with Crippen LogP contribution >= 0.6 is 12.4 Å². The fourth-order valence-electron chi connectivity index (χ4n) is 1.94. The van der Waals surface area contributed by atoms with Crippen molar-refractivity contribution in [3.05, 3.63) is 0 Å². The second kappa shape index (κ2) is 6.81. The number of esters is 1. The maximum absolute atomic E-state index is 11.8. The smallest absolute Gasteiger partial charge is 0.310 e. The number of amides is 1. The number of nitrogens with two attached hydrogens (primary N) is 1. The largest absolute Gasteiger partial charge is 0.469 e. The minimum Gasteiger partial charge on any atom is -0.469 e. The Labute approximate surface area is 108 Å². The molecule has 5 nitrogen and oxygen atoms in total. The van der Waals surface area contributed by atoms with Gasteiger partial charge in [0.15, 0.2) is 0 Å². The van der Waals surface area contributed by atoms with Crippen LogP contribution in [0.2, 0.25) is 0 Å². The maximum Gasteiger partial charge on any atom is 0.310 e. The van der Waals surface area contributed by atoms with E-state index in [9.17, 15) is 9.59 Å². The standard InChI is InChI=1S/C11H20N2O3.ClH/c1-8(9(14)16-2)7-13-10(15)11(12)5-3-4-6-11;/h8H,3-7,12H2,1-2H3,(H,13,15);1H. The number of ether oxygens (including phenoxy) is 1. The molecule has 100 valence electrons. The van der Waals surface area contributed by atoms with Crippen molar-refractivity contribution in [2.24, 2.45) is 11.7 Å². The number of carbonyl (C=O) groups excluding carboxylic acids is 2. The molecule has 1 saturated carbocycles. The van der Waals surface area contributed by atoms with Crippen molar-refractivity contribution in [1.82, 2.24) is 5.32 Å². The first-order valence-electron chi connectivity index (χ1n) is 5.64. The van der Waals surface area contributed by atoms with Gasteiger partial charge in [0.2, 0.25) is 5.91 Å². The van der Waals surface area contributed by atoms with Gasteiger partial charge in [-0.05, 0) is 12.8 Å². The zero-order chi connectivity index (χ0) is 12.2. The van der Waals surface area contributed by atoms with Gasteiger partial charge in [-0.25, -0.2) is 0 Å². The molecular formula is C11H21ClN2O3. The Morgan fingerprint density at radius 2 is 1.94 bits per heavy atom. The summed E-state index contributed by atoms with van der Waals surface area (Å²) in [6.07, 6.45) is 3.45. The molecule has 1 aliphatic carbocycles. The van der Waals surface area contributed by atoms with Crippen LogP contribution in [0, 0.1) is 5.92 Å². The van der Waals surface area contributed by atoms with Crippen LogP contribution in [-0.4, -0.2) is 31.1 Å². The first-order chi connectivity index (χ1) is 7.49. The topological polar surface area (TPSA) is 81.4 Å². The Hall–Kier alpha value is -0.810. The molecule has 0 heterocycles. The summed E-state index contributed by atoms with van der Waals surface area (Å²) >= 11 is 0. The molecule has 0 bridgehead atoms. The molecule has 0 spiro atoms. The van der Waals surface area contributed by atoms with Gasteiger partial charge in [0.1, 0.15) is 0 Å². The molecular weight excluding hydrogens is 244 g/mol. The van der Waals surface area contributed by atoms with Gasteiger partial charge in [0.05, 0.1) is 18.6 Å². The number of methoxy groups -OCH3 is 1. The second-order valence-electron chi connectivity index (χ2n) is 4.50. The van der Waals surface area contributed by atoms with Crippen LogP contribution in [-0.2, 0) is 14.3 Å². The van der Waals surface area contributed by atoms with E-state index in [0.29, 0.717) is 0 Å². The highest BCUT2D eigenvalue weighted by atomic mass is 35.5. The number of halogens is 1. The summed E-state index contributed by atoms with van der Waals surface area (Å²) < 4.78 is 4.57. The fraction of sp³-hybridized carbons (Fsp3) is 0.818. The van der Waals surface area contributed by atoms with Gasteiger partial charge in [0, 0.05) is 6.54 Å². The predicted molar refractivity (Wildman–Crippen MR) is 66.8 cm³/mol. The first kappa shape index (κ1) is 16.2. The van der Waals surface area contributed by atoms with Crippen LogP contribution in [0.5, 0.6) is 0 Å². The molecule has 0 aromatic rings. The Morgan fingerprint density at radius 3 is 2.41 bits per heavy atom. The Morgan fingerprint density at radius 1 is 1.41 bits per heavy atom. The number of hydrogen-bond donors (Lipinski definition) is 2. The van der Waals surface area contributed by atoms with E-state index in [0.717, 1.165) is 25.7 Å². The Balaban J connectivity index is 0.00000256. The number of rotatable bonds is 4. The van der Waals surface area contributed by atoms with Crippen molar-refractivity contribution in [3.8, 4) is 0 Å². The molecule has 0 aliphatic heterocycles. The Bertz CT molecular complexity index is 278. The number of nitrogens with one attached hydrogen (secondary N) is 1. The molecule has 1 rings (SSSR count). The van der Waals surface area contributed by atoms with Crippen molar-refractivity contribution >= 4 is 24.3 Å². The molecule has 1 unspecified atom stereocenters. The van der Waals surface area contributed by atoms with E-state index < -0.39 is 5.54 Å². The summed E-state index contributed by atoms with van der Waals surface area (Å²) in [5, 5.41) is 2.72. The van der Waals surface area contributed by atoms with Crippen LogP contribution < -0.4 is 11.1 Å². The van der Waals surface area contributed by atoms with Crippen molar-refractivity contribution in [1.29, 1.82) is 0 Å². The maximum atomic E-state index is 11.8. The quantitative estimate of drug-likeness (QED) is 0.729. The van der Waals surface area contributed by atoms with E-state index >= 15 is 0 Å². The third-order valence-corrected chi connectivity index (χ3v) is 3.12. The van der Waals surface area contributed by atoms with Gasteiger partial charge in [-0.1, -0.05) is 19.8 Å². The van der Waals surface area contributed by atoms with E-state index in [1.54, 1.807) is 6.92 Å². The second-order valence-corrected chi connectivity index (χ2v) is 4.50. The lowest BCUT2D eigenvalue weighted by molar-refractivity contribution is -0.144. The third-order valence-electron chi connectivity index (χ3n) is 3.12. The van der Waals surface area contributed by atoms with Crippen molar-refractivity contribution in [2.45, 2.75) is 38.1 Å². The monoisotopic (exact) mass is 264 g/mol. The average Bonchev–Trinajstić information content (AvgIpc) is 2.72. The SMILES string of the molecule is COC(=O)C(C)CNC(=O)C1(N)CCCC1.Cl. The van der Waals surface area contributed by atoms with E-state index in [-0.39, 0.29) is 36.7 Å². The summed E-state index contributed by atoms with van der Waals surface area (Å²) in [6, 6.07) is 0. The Kier molecular flexibility index (Phi) is 6.49. The average molecular weight is 265 g/mol. The van der Waals surface area contributed by atoms with E-state index in [4.69, 9.17) is 5.73 Å². The summed E-state index contributed by atoms with van der Waals surface area (Å²) in [5.74, 6) is -0.808. The molecule has 1 aliphatic rings. The molecule has 6 heteroatoms. The highest BCUT2D eigenvalue weighted by Gasteiger charge is 2.37. The molecule has 0 radical (unpaired) electrons. The van der Waals surface area contributed by atoms with Gasteiger partial charge in [-0.3, -0.25) is 9.59 Å². The molecule has 0 aromatic carbocycles. The molecule has 1 amide bonds. The third kappa shape index (κ3) is 4.16. The number of carbonyl (C=O) groups is 2. The molecule has 1 fully saturated rings. The van der Waals surface area contributed by atoms with Gasteiger partial charge in [0.25, 0.3) is 0 Å². The van der Waals surface area contributed by atoms with Gasteiger partial charge < -0.3 is 15.8 Å². The minimum atomic E-state index is -0.726. The van der Waals surface area contributed by atoms with Gasteiger partial charge >= 0.3 is 5.97 Å². The lowest BCUT2D eigenvalue weighted by atomic mass is 9.98. The molecule has 17 heavy (non-hydrogen) atoms. The summed E-state index contributed by atoms with van der Waals surface area (Å²) in [5.41, 5.74) is 5.24. The lowest BCUT2D eigenvalue weighted by Crippen LogP contribution is -2.53. The lowest BCUT2D eigenvalue weighted by Gasteiger charge is -2.23. The summed E-state index contributed by atoms with van der Waals surface area (Å²) in [4.78, 5) is 22.9. The first-order valence-corrected chi connectivity index (χ1v) is 5.64. The predicted octanol–water partition coefficient (Wildman–Crippen LogP) is 0.605. The zero-order valence-electron chi connectivity index (χ0n) is 10.3. The van der Waals surface area contributed by atoms with E-state index in [1.165, 1.54) is 7.11 Å². The van der Waals surface area contributed by atoms with Crippen LogP contribution in [0.15, 0.2) is 0 Å². The summed E-state index contributed by atoms with van der Waals surface area (Å²) in [6.45, 7) is 1.99. The van der Waals surface area contributed by atoms with Gasteiger partial charge in [-0.15, -0.1) is 12.4 Å². The van der Waals surface area contributed by atoms with Crippen molar-refractivity contribution < 1.29 is 14.3 Å². The molecule has 0 saturated heterocycles. The summed E-state index contributed by atoms with van der Waals surface area (Å²) in [7, 11) is 1.34. The van der Waals surface area contributed by atoms with Crippen LogP contribution in [0.4, 0.5) is 0 Å². The number of hydrogen-bond acceptors (Lipinski definition) is 4. The highest BCUT2D eigenvalue weighted by molar-refractivity contribution is 5.86. The van der Waals surface area contributed by atoms with Crippen LogP contribution in [0.25, 0.3) is 0 Å². The zero-order valence-corrected chi connectivity index (χ0v) is 11.1. The highest BCUT2D eigenvalue weighted by Crippen LogP contribution is 2.27. The van der Waals surface area contributed by atoms with Crippen LogP contribution in [0.3, 0.4) is 0 Å². The van der Waals surface area contributed by atoms with E-state index in [1.807, 2.05) is 0 Å². The van der Waals surface area contributed by atoms with Crippen molar-refractivity contribution in [2.75, 3.05) is 13.7 Å². The normalized spacial score (nSPS) is 19.0. The molecule has 3 N–H and O–H groups in total. The van der Waals surface area contributed by atoms with Gasteiger partial charge in [-0.2, -0.15) is 0 Å². The molecule has 1 atom stereocenters. The van der Waals surface area contributed by atoms with Crippen LogP contribution in [0.1, 0.15) is 32.6 Å². The minimum absolute atomic E-state index is 0.